The van der Waals surface area contributed by atoms with E-state index >= 15 is 0 Å². The number of fused-ring (bicyclic) bond motifs is 1. The van der Waals surface area contributed by atoms with Crippen molar-refractivity contribution >= 4 is 6.09 Å². The van der Waals surface area contributed by atoms with Crippen molar-refractivity contribution < 1.29 is 14.3 Å². The van der Waals surface area contributed by atoms with Crippen LogP contribution in [0.2, 0.25) is 0 Å². The van der Waals surface area contributed by atoms with E-state index in [2.05, 4.69) is 0 Å². The van der Waals surface area contributed by atoms with Gasteiger partial charge in [0.15, 0.2) is 0 Å². The minimum absolute atomic E-state index is 0.151. The third-order valence-electron chi connectivity index (χ3n) is 3.46. The molecule has 3 atom stereocenters. The number of rotatable bonds is 1. The molecule has 3 unspecified atom stereocenters. The van der Waals surface area contributed by atoms with Crippen LogP contribution in [0.15, 0.2) is 0 Å². The molecule has 5 heteroatoms. The van der Waals surface area contributed by atoms with Crippen LogP contribution in [0.4, 0.5) is 4.79 Å². The first-order valence-electron chi connectivity index (χ1n) is 6.20. The molecule has 2 aliphatic rings. The van der Waals surface area contributed by atoms with Gasteiger partial charge >= 0.3 is 6.09 Å². The maximum Gasteiger partial charge on any atom is 0.410 e. The van der Waals surface area contributed by atoms with Gasteiger partial charge in [0, 0.05) is 12.5 Å². The van der Waals surface area contributed by atoms with Gasteiger partial charge in [0.1, 0.15) is 5.60 Å². The number of carbonyl (C=O) groups is 1. The summed E-state index contributed by atoms with van der Waals surface area (Å²) in [5.41, 5.74) is 5.29. The molecule has 2 heterocycles. The Balaban J connectivity index is 2.04. The Morgan fingerprint density at radius 1 is 1.47 bits per heavy atom. The Kier molecular flexibility index (Phi) is 3.32. The first-order valence-corrected chi connectivity index (χ1v) is 6.20. The number of nitrogens with two attached hydrogens (primary N) is 1. The highest BCUT2D eigenvalue weighted by Crippen LogP contribution is 2.34. The molecule has 1 amide bonds. The van der Waals surface area contributed by atoms with E-state index in [1.807, 2.05) is 20.8 Å². The zero-order chi connectivity index (χ0) is 12.6. The van der Waals surface area contributed by atoms with Crippen molar-refractivity contribution in [1.29, 1.82) is 0 Å². The predicted molar refractivity (Wildman–Crippen MR) is 63.6 cm³/mol. The highest BCUT2D eigenvalue weighted by Gasteiger charge is 2.47. The number of ether oxygens (including phenoxy) is 2. The van der Waals surface area contributed by atoms with Gasteiger partial charge in [0.05, 0.1) is 19.3 Å². The van der Waals surface area contributed by atoms with Crippen LogP contribution in [0.25, 0.3) is 0 Å². The molecule has 0 bridgehead atoms. The summed E-state index contributed by atoms with van der Waals surface area (Å²) < 4.78 is 10.9. The number of likely N-dealkylation sites (tertiary alicyclic amines) is 1. The van der Waals surface area contributed by atoms with Gasteiger partial charge in [-0.05, 0) is 33.2 Å². The van der Waals surface area contributed by atoms with Gasteiger partial charge in [0.25, 0.3) is 0 Å². The smallest absolute Gasteiger partial charge is 0.410 e. The SMILES string of the molecule is CC(C)(C)OC(=O)N1CC(CN)C2COCC21. The lowest BCUT2D eigenvalue weighted by molar-refractivity contribution is 0.0188. The Morgan fingerprint density at radius 3 is 2.76 bits per heavy atom. The number of nitrogens with zero attached hydrogens (tertiary/aromatic N) is 1. The molecule has 2 rings (SSSR count). The van der Waals surface area contributed by atoms with Crippen molar-refractivity contribution in [2.24, 2.45) is 17.6 Å². The lowest BCUT2D eigenvalue weighted by atomic mass is 9.93. The number of hydrogen-bond acceptors (Lipinski definition) is 4. The van der Waals surface area contributed by atoms with Gasteiger partial charge in [-0.25, -0.2) is 4.79 Å². The van der Waals surface area contributed by atoms with E-state index in [4.69, 9.17) is 15.2 Å². The Hall–Kier alpha value is -0.810. The van der Waals surface area contributed by atoms with E-state index in [1.54, 1.807) is 4.90 Å². The molecule has 0 aromatic rings. The fraction of sp³-hybridized carbons (Fsp3) is 0.917. The summed E-state index contributed by atoms with van der Waals surface area (Å²) in [7, 11) is 0. The van der Waals surface area contributed by atoms with Gasteiger partial charge in [0.2, 0.25) is 0 Å². The topological polar surface area (TPSA) is 64.8 Å². The van der Waals surface area contributed by atoms with Crippen molar-refractivity contribution in [1.82, 2.24) is 4.90 Å². The van der Waals surface area contributed by atoms with Gasteiger partial charge in [-0.3, -0.25) is 0 Å². The average molecular weight is 242 g/mol. The second-order valence-corrected chi connectivity index (χ2v) is 5.90. The summed E-state index contributed by atoms with van der Waals surface area (Å²) in [6.07, 6.45) is -0.242. The van der Waals surface area contributed by atoms with Crippen LogP contribution in [0.3, 0.4) is 0 Å². The second-order valence-electron chi connectivity index (χ2n) is 5.90. The molecule has 0 aromatic heterocycles. The molecule has 2 fully saturated rings. The standard InChI is InChI=1S/C12H22N2O3/c1-12(2,3)17-11(15)14-5-8(4-13)9-6-16-7-10(9)14/h8-10H,4-7,13H2,1-3H3. The van der Waals surface area contributed by atoms with Gasteiger partial charge in [-0.2, -0.15) is 0 Å². The van der Waals surface area contributed by atoms with E-state index in [-0.39, 0.29) is 12.1 Å². The summed E-state index contributed by atoms with van der Waals surface area (Å²) in [4.78, 5) is 13.9. The van der Waals surface area contributed by atoms with Gasteiger partial charge < -0.3 is 20.1 Å². The summed E-state index contributed by atoms with van der Waals surface area (Å²) in [5, 5.41) is 0. The molecule has 2 N–H and O–H groups in total. The minimum atomic E-state index is -0.452. The molecule has 5 nitrogen and oxygen atoms in total. The fourth-order valence-electron chi connectivity index (χ4n) is 2.63. The van der Waals surface area contributed by atoms with Crippen molar-refractivity contribution in [3.05, 3.63) is 0 Å². The third-order valence-corrected chi connectivity index (χ3v) is 3.46. The monoisotopic (exact) mass is 242 g/mol. The van der Waals surface area contributed by atoms with Crippen molar-refractivity contribution in [2.75, 3.05) is 26.3 Å². The van der Waals surface area contributed by atoms with E-state index in [0.717, 1.165) is 0 Å². The zero-order valence-electron chi connectivity index (χ0n) is 10.8. The van der Waals surface area contributed by atoms with Crippen LogP contribution in [0.5, 0.6) is 0 Å². The van der Waals surface area contributed by atoms with Crippen LogP contribution in [-0.4, -0.2) is 48.9 Å². The molecule has 98 valence electrons. The van der Waals surface area contributed by atoms with Crippen LogP contribution in [-0.2, 0) is 9.47 Å². The normalized spacial score (nSPS) is 32.7. The Labute approximate surface area is 102 Å². The van der Waals surface area contributed by atoms with Crippen LogP contribution in [0, 0.1) is 11.8 Å². The third kappa shape index (κ3) is 2.55. The van der Waals surface area contributed by atoms with Crippen molar-refractivity contribution in [2.45, 2.75) is 32.4 Å². The first-order chi connectivity index (χ1) is 7.92. The first kappa shape index (κ1) is 12.6. The van der Waals surface area contributed by atoms with Crippen LogP contribution >= 0.6 is 0 Å². The second kappa shape index (κ2) is 4.46. The van der Waals surface area contributed by atoms with E-state index in [0.29, 0.717) is 38.1 Å². The van der Waals surface area contributed by atoms with Gasteiger partial charge in [-0.1, -0.05) is 0 Å². The molecule has 2 saturated heterocycles. The van der Waals surface area contributed by atoms with Gasteiger partial charge in [-0.15, -0.1) is 0 Å². The predicted octanol–water partition coefficient (Wildman–Crippen LogP) is 0.827. The summed E-state index contributed by atoms with van der Waals surface area (Å²) in [5.74, 6) is 0.725. The van der Waals surface area contributed by atoms with E-state index in [1.165, 1.54) is 0 Å². The summed E-state index contributed by atoms with van der Waals surface area (Å²) in [6, 6.07) is 0.151. The molecule has 0 saturated carbocycles. The average Bonchev–Trinajstić information content (AvgIpc) is 2.73. The van der Waals surface area contributed by atoms with E-state index < -0.39 is 5.60 Å². The van der Waals surface area contributed by atoms with E-state index in [9.17, 15) is 4.79 Å². The number of carbonyl (C=O) groups excluding carboxylic acids is 1. The quantitative estimate of drug-likeness (QED) is 0.739. The molecular weight excluding hydrogens is 220 g/mol. The molecule has 0 aliphatic carbocycles. The lowest BCUT2D eigenvalue weighted by Gasteiger charge is -2.27. The molecule has 17 heavy (non-hydrogen) atoms. The number of amides is 1. The van der Waals surface area contributed by atoms with Crippen LogP contribution < -0.4 is 5.73 Å². The lowest BCUT2D eigenvalue weighted by Crippen LogP contribution is -2.41. The highest BCUT2D eigenvalue weighted by molar-refractivity contribution is 5.69. The number of hydrogen-bond donors (Lipinski definition) is 1. The molecular formula is C12H22N2O3. The summed E-state index contributed by atoms with van der Waals surface area (Å²) >= 11 is 0. The molecule has 0 radical (unpaired) electrons. The molecule has 2 aliphatic heterocycles. The molecule has 0 aromatic carbocycles. The minimum Gasteiger partial charge on any atom is -0.444 e. The van der Waals surface area contributed by atoms with Crippen molar-refractivity contribution in [3.8, 4) is 0 Å². The fourth-order valence-corrected chi connectivity index (χ4v) is 2.63. The highest BCUT2D eigenvalue weighted by atomic mass is 16.6. The Bertz CT molecular complexity index is 301. The van der Waals surface area contributed by atoms with Crippen molar-refractivity contribution in [3.63, 3.8) is 0 Å². The maximum atomic E-state index is 12.1. The largest absolute Gasteiger partial charge is 0.444 e. The Morgan fingerprint density at radius 2 is 2.18 bits per heavy atom. The maximum absolute atomic E-state index is 12.1. The molecule has 0 spiro atoms. The summed E-state index contributed by atoms with van der Waals surface area (Å²) in [6.45, 7) is 8.26. The van der Waals surface area contributed by atoms with Crippen LogP contribution in [0.1, 0.15) is 20.8 Å². The zero-order valence-corrected chi connectivity index (χ0v) is 10.8.